The molecule has 0 unspecified atom stereocenters. The highest BCUT2D eigenvalue weighted by Crippen LogP contribution is 2.31. The summed E-state index contributed by atoms with van der Waals surface area (Å²) in [6.07, 6.45) is 11.1. The number of ether oxygens (including phenoxy) is 1. The highest BCUT2D eigenvalue weighted by molar-refractivity contribution is 5.75. The summed E-state index contributed by atoms with van der Waals surface area (Å²) in [5.74, 6) is 0.741. The van der Waals surface area contributed by atoms with Gasteiger partial charge in [0.25, 0.3) is 0 Å². The Kier molecular flexibility index (Phi) is 4.81. The molecule has 1 saturated heterocycles. The van der Waals surface area contributed by atoms with E-state index >= 15 is 0 Å². The lowest BCUT2D eigenvalue weighted by Crippen LogP contribution is -2.49. The van der Waals surface area contributed by atoms with E-state index in [1.54, 1.807) is 0 Å². The van der Waals surface area contributed by atoms with Crippen LogP contribution in [0.4, 0.5) is 4.79 Å². The number of nitrogens with one attached hydrogen (secondary N) is 1. The standard InChI is InChI=1S/C16H28N2O2/c19-16(17-14-8-10-20-11-9-14)18(15-6-7-15)12-13-4-2-1-3-5-13/h13-15H,1-12H2,(H,17,19). The van der Waals surface area contributed by atoms with Crippen LogP contribution < -0.4 is 5.32 Å². The van der Waals surface area contributed by atoms with Crippen molar-refractivity contribution < 1.29 is 9.53 Å². The number of carbonyl (C=O) groups excluding carboxylic acids is 1. The van der Waals surface area contributed by atoms with Crippen LogP contribution in [0.2, 0.25) is 0 Å². The molecule has 3 fully saturated rings. The molecular weight excluding hydrogens is 252 g/mol. The quantitative estimate of drug-likeness (QED) is 0.860. The monoisotopic (exact) mass is 280 g/mol. The molecular formula is C16H28N2O2. The minimum absolute atomic E-state index is 0.185. The molecule has 2 amide bonds. The highest BCUT2D eigenvalue weighted by atomic mass is 16.5. The van der Waals surface area contributed by atoms with Gasteiger partial charge in [0, 0.05) is 31.8 Å². The number of urea groups is 1. The van der Waals surface area contributed by atoms with Crippen molar-refractivity contribution in [3.8, 4) is 0 Å². The van der Waals surface area contributed by atoms with Gasteiger partial charge in [-0.2, -0.15) is 0 Å². The smallest absolute Gasteiger partial charge is 0.317 e. The molecule has 0 aromatic rings. The molecule has 0 atom stereocenters. The summed E-state index contributed by atoms with van der Waals surface area (Å²) in [7, 11) is 0. The Morgan fingerprint density at radius 2 is 1.70 bits per heavy atom. The molecule has 1 heterocycles. The lowest BCUT2D eigenvalue weighted by atomic mass is 9.89. The Bertz CT molecular complexity index is 318. The maximum atomic E-state index is 12.5. The van der Waals surface area contributed by atoms with Crippen LogP contribution in [0.5, 0.6) is 0 Å². The van der Waals surface area contributed by atoms with Crippen LogP contribution >= 0.6 is 0 Å². The minimum atomic E-state index is 0.185. The zero-order valence-electron chi connectivity index (χ0n) is 12.5. The third-order valence-electron chi connectivity index (χ3n) is 4.98. The maximum Gasteiger partial charge on any atom is 0.317 e. The highest BCUT2D eigenvalue weighted by Gasteiger charge is 2.35. The van der Waals surface area contributed by atoms with Gasteiger partial charge in [-0.3, -0.25) is 0 Å². The van der Waals surface area contributed by atoms with E-state index in [1.807, 2.05) is 0 Å². The van der Waals surface area contributed by atoms with Crippen LogP contribution in [0.3, 0.4) is 0 Å². The zero-order valence-corrected chi connectivity index (χ0v) is 12.5. The molecule has 3 aliphatic rings. The molecule has 2 aliphatic carbocycles. The van der Waals surface area contributed by atoms with Crippen molar-refractivity contribution in [2.24, 2.45) is 5.92 Å². The van der Waals surface area contributed by atoms with Crippen molar-refractivity contribution in [1.29, 1.82) is 0 Å². The van der Waals surface area contributed by atoms with Gasteiger partial charge in [-0.1, -0.05) is 19.3 Å². The molecule has 3 rings (SSSR count). The second-order valence-electron chi connectivity index (χ2n) is 6.72. The van der Waals surface area contributed by atoms with Crippen LogP contribution in [-0.4, -0.2) is 42.8 Å². The Hall–Kier alpha value is -0.770. The fourth-order valence-electron chi connectivity index (χ4n) is 3.53. The first-order valence-corrected chi connectivity index (χ1v) is 8.48. The molecule has 1 aliphatic heterocycles. The van der Waals surface area contributed by atoms with E-state index in [-0.39, 0.29) is 6.03 Å². The van der Waals surface area contributed by atoms with E-state index in [0.29, 0.717) is 12.1 Å². The summed E-state index contributed by atoms with van der Waals surface area (Å²) in [6, 6.07) is 1.03. The fourth-order valence-corrected chi connectivity index (χ4v) is 3.53. The molecule has 2 saturated carbocycles. The van der Waals surface area contributed by atoms with Crippen LogP contribution in [0, 0.1) is 5.92 Å². The summed E-state index contributed by atoms with van der Waals surface area (Å²) < 4.78 is 5.36. The third kappa shape index (κ3) is 3.87. The van der Waals surface area contributed by atoms with Crippen molar-refractivity contribution in [3.63, 3.8) is 0 Å². The van der Waals surface area contributed by atoms with E-state index in [4.69, 9.17) is 4.74 Å². The normalized spacial score (nSPS) is 25.4. The first-order valence-electron chi connectivity index (χ1n) is 8.48. The second-order valence-corrected chi connectivity index (χ2v) is 6.72. The number of hydrogen-bond donors (Lipinski definition) is 1. The Morgan fingerprint density at radius 1 is 1.00 bits per heavy atom. The summed E-state index contributed by atoms with van der Waals surface area (Å²) in [5, 5.41) is 3.24. The van der Waals surface area contributed by atoms with Crippen LogP contribution in [0.1, 0.15) is 57.8 Å². The Morgan fingerprint density at radius 3 is 2.35 bits per heavy atom. The predicted molar refractivity (Wildman–Crippen MR) is 78.7 cm³/mol. The molecule has 0 spiro atoms. The molecule has 0 aromatic heterocycles. The fraction of sp³-hybridized carbons (Fsp3) is 0.938. The summed E-state index contributed by atoms with van der Waals surface area (Å²) in [6.45, 7) is 2.56. The largest absolute Gasteiger partial charge is 0.381 e. The Labute approximate surface area is 122 Å². The predicted octanol–water partition coefficient (Wildman–Crippen LogP) is 2.92. The molecule has 4 nitrogen and oxygen atoms in total. The number of rotatable bonds is 4. The van der Waals surface area contributed by atoms with Gasteiger partial charge >= 0.3 is 6.03 Å². The number of amides is 2. The number of hydrogen-bond acceptors (Lipinski definition) is 2. The molecule has 20 heavy (non-hydrogen) atoms. The average molecular weight is 280 g/mol. The molecule has 0 bridgehead atoms. The van der Waals surface area contributed by atoms with E-state index in [9.17, 15) is 4.79 Å². The molecule has 0 aromatic carbocycles. The van der Waals surface area contributed by atoms with Gasteiger partial charge in [0.05, 0.1) is 0 Å². The SMILES string of the molecule is O=C(NC1CCOCC1)N(CC1CCCCC1)C1CC1. The zero-order chi connectivity index (χ0) is 13.8. The van der Waals surface area contributed by atoms with E-state index in [0.717, 1.165) is 38.5 Å². The topological polar surface area (TPSA) is 41.6 Å². The second kappa shape index (κ2) is 6.79. The Balaban J connectivity index is 1.51. The van der Waals surface area contributed by atoms with E-state index in [2.05, 4.69) is 10.2 Å². The van der Waals surface area contributed by atoms with Crippen LogP contribution in [0.15, 0.2) is 0 Å². The molecule has 114 valence electrons. The molecule has 0 radical (unpaired) electrons. The van der Waals surface area contributed by atoms with E-state index in [1.165, 1.54) is 44.9 Å². The van der Waals surface area contributed by atoms with Gasteiger partial charge < -0.3 is 15.0 Å². The summed E-state index contributed by atoms with van der Waals surface area (Å²) >= 11 is 0. The number of nitrogens with zero attached hydrogens (tertiary/aromatic N) is 1. The first kappa shape index (κ1) is 14.2. The lowest BCUT2D eigenvalue weighted by molar-refractivity contribution is 0.0772. The molecule has 4 heteroatoms. The van der Waals surface area contributed by atoms with Crippen molar-refractivity contribution in [2.45, 2.75) is 69.9 Å². The first-order chi connectivity index (χ1) is 9.83. The lowest BCUT2D eigenvalue weighted by Gasteiger charge is -2.32. The van der Waals surface area contributed by atoms with Gasteiger partial charge in [0.1, 0.15) is 0 Å². The van der Waals surface area contributed by atoms with Gasteiger partial charge in [-0.05, 0) is 44.4 Å². The van der Waals surface area contributed by atoms with Gasteiger partial charge in [0.2, 0.25) is 0 Å². The minimum Gasteiger partial charge on any atom is -0.381 e. The third-order valence-corrected chi connectivity index (χ3v) is 4.98. The van der Waals surface area contributed by atoms with Crippen molar-refractivity contribution in [1.82, 2.24) is 10.2 Å². The maximum absolute atomic E-state index is 12.5. The van der Waals surface area contributed by atoms with Gasteiger partial charge in [-0.15, -0.1) is 0 Å². The van der Waals surface area contributed by atoms with Crippen molar-refractivity contribution in [3.05, 3.63) is 0 Å². The van der Waals surface area contributed by atoms with Crippen molar-refractivity contribution >= 4 is 6.03 Å². The van der Waals surface area contributed by atoms with E-state index < -0.39 is 0 Å². The summed E-state index contributed by atoms with van der Waals surface area (Å²) in [4.78, 5) is 14.7. The number of carbonyl (C=O) groups is 1. The average Bonchev–Trinajstić information content (AvgIpc) is 3.31. The van der Waals surface area contributed by atoms with Crippen LogP contribution in [-0.2, 0) is 4.74 Å². The molecule has 1 N–H and O–H groups in total. The van der Waals surface area contributed by atoms with Crippen LogP contribution in [0.25, 0.3) is 0 Å². The van der Waals surface area contributed by atoms with Gasteiger partial charge in [0.15, 0.2) is 0 Å². The summed E-state index contributed by atoms with van der Waals surface area (Å²) in [5.41, 5.74) is 0. The van der Waals surface area contributed by atoms with Crippen molar-refractivity contribution in [2.75, 3.05) is 19.8 Å². The van der Waals surface area contributed by atoms with Gasteiger partial charge in [-0.25, -0.2) is 4.79 Å².